The Labute approximate surface area is 307 Å². The fourth-order valence-electron chi connectivity index (χ4n) is 7.46. The van der Waals surface area contributed by atoms with Crippen molar-refractivity contribution in [3.05, 3.63) is 187 Å². The molecular formula is C49H31N4+. The molecule has 9 aromatic rings. The second-order valence-electron chi connectivity index (χ2n) is 13.3. The monoisotopic (exact) mass is 675 g/mol. The van der Waals surface area contributed by atoms with Crippen molar-refractivity contribution >= 4 is 34.0 Å². The first-order valence-corrected chi connectivity index (χ1v) is 17.8. The van der Waals surface area contributed by atoms with Crippen LogP contribution in [0.5, 0.6) is 0 Å². The van der Waals surface area contributed by atoms with E-state index in [9.17, 15) is 0 Å². The van der Waals surface area contributed by atoms with Gasteiger partial charge in [-0.3, -0.25) is 0 Å². The molecule has 4 nitrogen and oxygen atoms in total. The molecule has 0 unspecified atom stereocenters. The second kappa shape index (κ2) is 12.8. The Kier molecular flexibility index (Phi) is 7.39. The highest BCUT2D eigenvalue weighted by molar-refractivity contribution is 6.22. The summed E-state index contributed by atoms with van der Waals surface area (Å²) in [4.78, 5) is 15.4. The third kappa shape index (κ3) is 5.51. The van der Waals surface area contributed by atoms with Gasteiger partial charge in [0.25, 0.3) is 0 Å². The summed E-state index contributed by atoms with van der Waals surface area (Å²) < 4.78 is 4.51. The molecule has 4 heteroatoms. The Morgan fingerprint density at radius 1 is 0.340 bits per heavy atom. The third-order valence-corrected chi connectivity index (χ3v) is 10.1. The first kappa shape index (κ1) is 30.6. The Balaban J connectivity index is 1.11. The molecule has 8 aromatic carbocycles. The lowest BCUT2D eigenvalue weighted by atomic mass is 9.89. The number of aromatic nitrogens is 3. The minimum atomic E-state index is 0.623. The molecular weight excluding hydrogens is 645 g/mol. The molecule has 2 heterocycles. The lowest BCUT2D eigenvalue weighted by Crippen LogP contribution is -2.01. The van der Waals surface area contributed by atoms with Crippen molar-refractivity contribution in [1.82, 2.24) is 19.6 Å². The SMILES string of the molecule is C1=[N+]=Cc2c1cc(-c1ccc(-c3nc(-c4ccc(-c5ccccc5)cc4)nc(-c4ccccc4-c4ccccc4)n3)cc1)c1c2ccc2ccccc21. The standard InChI is InChI=1S/C49H31N4/c1-3-11-32(12-4-1)33-19-23-37(24-20-33)47-51-48(53-49(52-47)43-18-10-9-16-40(43)34-13-5-2-6-14-34)38-25-21-36(22-26-38)44-29-39-30-50-31-45(39)42-28-27-35-15-7-8-17-41(35)46(42)44/h1-31H/q+1. The van der Waals surface area contributed by atoms with Gasteiger partial charge in [-0.2, -0.15) is 0 Å². The normalized spacial score (nSPS) is 11.7. The van der Waals surface area contributed by atoms with E-state index in [1.54, 1.807) is 0 Å². The first-order valence-electron chi connectivity index (χ1n) is 17.8. The summed E-state index contributed by atoms with van der Waals surface area (Å²) in [6.45, 7) is 0. The van der Waals surface area contributed by atoms with Crippen LogP contribution in [0.4, 0.5) is 0 Å². The molecule has 0 fully saturated rings. The highest BCUT2D eigenvalue weighted by atomic mass is 15.0. The molecule has 0 aliphatic carbocycles. The van der Waals surface area contributed by atoms with Crippen molar-refractivity contribution in [3.63, 3.8) is 0 Å². The molecule has 0 atom stereocenters. The maximum atomic E-state index is 5.15. The van der Waals surface area contributed by atoms with Gasteiger partial charge < -0.3 is 0 Å². The summed E-state index contributed by atoms with van der Waals surface area (Å²) in [5, 5.41) is 4.89. The van der Waals surface area contributed by atoms with Crippen LogP contribution in [0, 0.1) is 0 Å². The third-order valence-electron chi connectivity index (χ3n) is 10.1. The maximum absolute atomic E-state index is 5.15. The van der Waals surface area contributed by atoms with E-state index in [1.807, 2.05) is 30.6 Å². The predicted octanol–water partition coefficient (Wildman–Crippen LogP) is 11.1. The highest BCUT2D eigenvalue weighted by Crippen LogP contribution is 2.39. The van der Waals surface area contributed by atoms with E-state index in [0.29, 0.717) is 17.5 Å². The van der Waals surface area contributed by atoms with Gasteiger partial charge in [-0.25, -0.2) is 15.0 Å². The molecule has 53 heavy (non-hydrogen) atoms. The van der Waals surface area contributed by atoms with Gasteiger partial charge in [0.1, 0.15) is 0 Å². The summed E-state index contributed by atoms with van der Waals surface area (Å²) in [6, 6.07) is 61.5. The van der Waals surface area contributed by atoms with Crippen LogP contribution in [-0.4, -0.2) is 27.4 Å². The fourth-order valence-corrected chi connectivity index (χ4v) is 7.46. The molecule has 1 aromatic heterocycles. The summed E-state index contributed by atoms with van der Waals surface area (Å²) in [7, 11) is 0. The van der Waals surface area contributed by atoms with Gasteiger partial charge >= 0.3 is 12.4 Å². The summed E-state index contributed by atoms with van der Waals surface area (Å²) in [5.41, 5.74) is 11.9. The summed E-state index contributed by atoms with van der Waals surface area (Å²) in [6.07, 6.45) is 3.93. The van der Waals surface area contributed by atoms with Crippen molar-refractivity contribution < 1.29 is 0 Å². The Hall–Kier alpha value is -7.26. The van der Waals surface area contributed by atoms with Crippen LogP contribution in [0.1, 0.15) is 11.1 Å². The number of benzene rings is 8. The largest absolute Gasteiger partial charge is 0.301 e. The summed E-state index contributed by atoms with van der Waals surface area (Å²) in [5.74, 6) is 1.88. The molecule has 1 aliphatic rings. The van der Waals surface area contributed by atoms with Gasteiger partial charge in [0, 0.05) is 16.7 Å². The van der Waals surface area contributed by atoms with E-state index < -0.39 is 0 Å². The minimum absolute atomic E-state index is 0.623. The lowest BCUT2D eigenvalue weighted by Gasteiger charge is -2.14. The molecule has 0 saturated heterocycles. The fraction of sp³-hybridized carbons (Fsp3) is 0. The van der Waals surface area contributed by atoms with Crippen molar-refractivity contribution in [2.24, 2.45) is 0 Å². The average Bonchev–Trinajstić information content (AvgIpc) is 3.73. The van der Waals surface area contributed by atoms with Crippen molar-refractivity contribution in [3.8, 4) is 67.5 Å². The number of rotatable bonds is 6. The quantitative estimate of drug-likeness (QED) is 0.130. The number of hydrogen-bond donors (Lipinski definition) is 0. The van der Waals surface area contributed by atoms with E-state index >= 15 is 0 Å². The zero-order chi connectivity index (χ0) is 35.1. The molecule has 10 rings (SSSR count). The molecule has 0 spiro atoms. The highest BCUT2D eigenvalue weighted by Gasteiger charge is 2.21. The van der Waals surface area contributed by atoms with E-state index in [0.717, 1.165) is 44.5 Å². The molecule has 0 saturated carbocycles. The minimum Gasteiger partial charge on any atom is -0.208 e. The molecule has 0 N–H and O–H groups in total. The van der Waals surface area contributed by atoms with Crippen molar-refractivity contribution in [1.29, 1.82) is 0 Å². The van der Waals surface area contributed by atoms with Gasteiger partial charge in [0.15, 0.2) is 17.5 Å². The maximum Gasteiger partial charge on any atom is 0.301 e. The van der Waals surface area contributed by atoms with Crippen LogP contribution in [0.15, 0.2) is 176 Å². The van der Waals surface area contributed by atoms with Crippen molar-refractivity contribution in [2.75, 3.05) is 0 Å². The summed E-state index contributed by atoms with van der Waals surface area (Å²) >= 11 is 0. The van der Waals surface area contributed by atoms with E-state index in [-0.39, 0.29) is 0 Å². The van der Waals surface area contributed by atoms with Crippen molar-refractivity contribution in [2.45, 2.75) is 0 Å². The zero-order valence-electron chi connectivity index (χ0n) is 28.7. The van der Waals surface area contributed by atoms with Gasteiger partial charge in [-0.05, 0) is 61.0 Å². The van der Waals surface area contributed by atoms with Crippen LogP contribution in [-0.2, 0) is 0 Å². The second-order valence-corrected chi connectivity index (χ2v) is 13.3. The molecule has 0 radical (unpaired) electrons. The van der Waals surface area contributed by atoms with E-state index in [1.165, 1.54) is 38.2 Å². The molecule has 0 bridgehead atoms. The van der Waals surface area contributed by atoms with Gasteiger partial charge in [-0.1, -0.05) is 175 Å². The van der Waals surface area contributed by atoms with Crippen LogP contribution < -0.4 is 4.67 Å². The topological polar surface area (TPSA) is 52.8 Å². The van der Waals surface area contributed by atoms with Gasteiger partial charge in [0.05, 0.1) is 11.1 Å². The number of hydrogen-bond acceptors (Lipinski definition) is 3. The zero-order valence-corrected chi connectivity index (χ0v) is 28.7. The molecule has 246 valence electrons. The smallest absolute Gasteiger partial charge is 0.208 e. The number of fused-ring (bicyclic) bond motifs is 5. The first-order chi connectivity index (χ1) is 26.3. The Bertz CT molecular complexity index is 2890. The van der Waals surface area contributed by atoms with Crippen LogP contribution >= 0.6 is 0 Å². The van der Waals surface area contributed by atoms with Crippen LogP contribution in [0.3, 0.4) is 0 Å². The average molecular weight is 676 g/mol. The van der Waals surface area contributed by atoms with Gasteiger partial charge in [-0.15, -0.1) is 0 Å². The number of nitrogens with zero attached hydrogens (tertiary/aromatic N) is 4. The van der Waals surface area contributed by atoms with Gasteiger partial charge in [0.2, 0.25) is 0 Å². The molecule has 1 aliphatic heterocycles. The van der Waals surface area contributed by atoms with Crippen LogP contribution in [0.2, 0.25) is 0 Å². The Morgan fingerprint density at radius 2 is 0.868 bits per heavy atom. The van der Waals surface area contributed by atoms with E-state index in [4.69, 9.17) is 15.0 Å². The lowest BCUT2D eigenvalue weighted by molar-refractivity contribution is 1.07. The van der Waals surface area contributed by atoms with E-state index in [2.05, 4.69) is 162 Å². The Morgan fingerprint density at radius 3 is 1.58 bits per heavy atom. The molecule has 0 amide bonds. The predicted molar refractivity (Wildman–Crippen MR) is 220 cm³/mol. The van der Waals surface area contributed by atoms with Crippen LogP contribution in [0.25, 0.3) is 89.1 Å².